The van der Waals surface area contributed by atoms with Crippen molar-refractivity contribution < 1.29 is 14.3 Å². The normalized spacial score (nSPS) is 10.4. The lowest BCUT2D eigenvalue weighted by molar-refractivity contribution is -0.115. The highest BCUT2D eigenvalue weighted by atomic mass is 32.1. The van der Waals surface area contributed by atoms with Crippen LogP contribution in [0.1, 0.15) is 12.6 Å². The number of thiazole rings is 1. The summed E-state index contributed by atoms with van der Waals surface area (Å²) in [6.07, 6.45) is 0.213. The Kier molecular flexibility index (Phi) is 5.86. The third-order valence-corrected chi connectivity index (χ3v) is 4.59. The third-order valence-electron chi connectivity index (χ3n) is 3.66. The monoisotopic (exact) mass is 368 g/mol. The Bertz CT molecular complexity index is 892. The number of carbonyl (C=O) groups is 1. The van der Waals surface area contributed by atoms with E-state index in [9.17, 15) is 4.79 Å². The molecule has 0 fully saturated rings. The number of anilines is 1. The highest BCUT2D eigenvalue weighted by molar-refractivity contribution is 7.13. The van der Waals surface area contributed by atoms with Crippen molar-refractivity contribution in [3.8, 4) is 22.1 Å². The minimum Gasteiger partial charge on any atom is -0.497 e. The largest absolute Gasteiger partial charge is 0.497 e. The second-order valence-electron chi connectivity index (χ2n) is 5.53. The molecule has 26 heavy (non-hydrogen) atoms. The summed E-state index contributed by atoms with van der Waals surface area (Å²) in [6.45, 7) is 2.55. The molecule has 5 nitrogen and oxygen atoms in total. The van der Waals surface area contributed by atoms with Gasteiger partial charge in [-0.15, -0.1) is 11.3 Å². The number of aromatic nitrogens is 1. The summed E-state index contributed by atoms with van der Waals surface area (Å²) in [5.74, 6) is 1.39. The lowest BCUT2D eigenvalue weighted by atomic mass is 10.2. The van der Waals surface area contributed by atoms with Gasteiger partial charge >= 0.3 is 0 Å². The fraction of sp³-hybridized carbons (Fsp3) is 0.200. The van der Waals surface area contributed by atoms with Gasteiger partial charge in [0.15, 0.2) is 0 Å². The molecule has 0 atom stereocenters. The van der Waals surface area contributed by atoms with Crippen molar-refractivity contribution in [1.82, 2.24) is 4.98 Å². The van der Waals surface area contributed by atoms with E-state index in [-0.39, 0.29) is 12.3 Å². The van der Waals surface area contributed by atoms with Crippen molar-refractivity contribution in [3.05, 3.63) is 59.6 Å². The summed E-state index contributed by atoms with van der Waals surface area (Å²) < 4.78 is 10.8. The minimum absolute atomic E-state index is 0.117. The predicted octanol–water partition coefficient (Wildman–Crippen LogP) is 4.40. The number of nitrogens with one attached hydrogen (secondary N) is 1. The SMILES string of the molecule is CCOc1ccccc1-c1nc(CC(=O)Nc2cccc(OC)c2)cs1. The number of amides is 1. The van der Waals surface area contributed by atoms with Gasteiger partial charge in [-0.25, -0.2) is 4.98 Å². The molecule has 0 unspecified atom stereocenters. The molecule has 0 saturated heterocycles. The predicted molar refractivity (Wildman–Crippen MR) is 104 cm³/mol. The molecule has 134 valence electrons. The van der Waals surface area contributed by atoms with Crippen LogP contribution in [0.2, 0.25) is 0 Å². The van der Waals surface area contributed by atoms with E-state index in [1.165, 1.54) is 11.3 Å². The fourth-order valence-corrected chi connectivity index (χ4v) is 3.36. The zero-order valence-corrected chi connectivity index (χ0v) is 15.5. The molecule has 0 spiro atoms. The number of rotatable bonds is 7. The van der Waals surface area contributed by atoms with E-state index in [0.717, 1.165) is 22.0 Å². The van der Waals surface area contributed by atoms with Crippen molar-refractivity contribution in [2.24, 2.45) is 0 Å². The van der Waals surface area contributed by atoms with Gasteiger partial charge in [0.2, 0.25) is 5.91 Å². The Morgan fingerprint density at radius 3 is 2.85 bits per heavy atom. The van der Waals surface area contributed by atoms with Crippen LogP contribution < -0.4 is 14.8 Å². The number of carbonyl (C=O) groups excluding carboxylic acids is 1. The molecule has 3 aromatic rings. The van der Waals surface area contributed by atoms with Gasteiger partial charge in [0.1, 0.15) is 16.5 Å². The minimum atomic E-state index is -0.117. The highest BCUT2D eigenvalue weighted by Crippen LogP contribution is 2.32. The first-order valence-electron chi connectivity index (χ1n) is 8.30. The van der Waals surface area contributed by atoms with Crippen LogP contribution in [0, 0.1) is 0 Å². The lowest BCUT2D eigenvalue weighted by Gasteiger charge is -2.07. The first-order chi connectivity index (χ1) is 12.7. The van der Waals surface area contributed by atoms with E-state index in [1.54, 1.807) is 13.2 Å². The van der Waals surface area contributed by atoms with Crippen LogP contribution in [0.5, 0.6) is 11.5 Å². The molecule has 0 aliphatic heterocycles. The van der Waals surface area contributed by atoms with Crippen LogP contribution >= 0.6 is 11.3 Å². The second kappa shape index (κ2) is 8.49. The summed E-state index contributed by atoms with van der Waals surface area (Å²) in [6, 6.07) is 15.1. The number of hydrogen-bond acceptors (Lipinski definition) is 5. The van der Waals surface area contributed by atoms with Crippen LogP contribution in [0.4, 0.5) is 5.69 Å². The van der Waals surface area contributed by atoms with Gasteiger partial charge in [-0.2, -0.15) is 0 Å². The molecule has 0 bridgehead atoms. The summed E-state index contributed by atoms with van der Waals surface area (Å²) >= 11 is 1.51. The first-order valence-corrected chi connectivity index (χ1v) is 9.18. The van der Waals surface area contributed by atoms with Gasteiger partial charge in [0, 0.05) is 17.1 Å². The Morgan fingerprint density at radius 1 is 1.19 bits per heavy atom. The van der Waals surface area contributed by atoms with Gasteiger partial charge in [0.05, 0.1) is 31.4 Å². The van der Waals surface area contributed by atoms with E-state index in [0.29, 0.717) is 18.0 Å². The van der Waals surface area contributed by atoms with Crippen molar-refractivity contribution in [3.63, 3.8) is 0 Å². The lowest BCUT2D eigenvalue weighted by Crippen LogP contribution is -2.14. The van der Waals surface area contributed by atoms with Gasteiger partial charge in [0.25, 0.3) is 0 Å². The third kappa shape index (κ3) is 4.40. The van der Waals surface area contributed by atoms with E-state index >= 15 is 0 Å². The summed E-state index contributed by atoms with van der Waals surface area (Å²) in [5, 5.41) is 5.62. The van der Waals surface area contributed by atoms with Gasteiger partial charge < -0.3 is 14.8 Å². The quantitative estimate of drug-likeness (QED) is 0.671. The Labute approximate surface area is 156 Å². The maximum Gasteiger partial charge on any atom is 0.230 e. The molecule has 1 aromatic heterocycles. The molecule has 0 aliphatic rings. The second-order valence-corrected chi connectivity index (χ2v) is 6.39. The molecular weight excluding hydrogens is 348 g/mol. The van der Waals surface area contributed by atoms with Gasteiger partial charge in [-0.05, 0) is 31.2 Å². The Morgan fingerprint density at radius 2 is 2.04 bits per heavy atom. The molecule has 2 aromatic carbocycles. The van der Waals surface area contributed by atoms with Crippen molar-refractivity contribution >= 4 is 22.9 Å². The van der Waals surface area contributed by atoms with E-state index in [1.807, 2.05) is 54.8 Å². The Balaban J connectivity index is 1.69. The molecule has 1 amide bonds. The smallest absolute Gasteiger partial charge is 0.230 e. The topological polar surface area (TPSA) is 60.5 Å². The molecular formula is C20H20N2O3S. The van der Waals surface area contributed by atoms with E-state index < -0.39 is 0 Å². The van der Waals surface area contributed by atoms with Crippen molar-refractivity contribution in [2.45, 2.75) is 13.3 Å². The zero-order chi connectivity index (χ0) is 18.4. The molecule has 0 aliphatic carbocycles. The maximum absolute atomic E-state index is 12.3. The molecule has 1 heterocycles. The molecule has 1 N–H and O–H groups in total. The molecule has 3 rings (SSSR count). The van der Waals surface area contributed by atoms with Gasteiger partial charge in [-0.3, -0.25) is 4.79 Å². The zero-order valence-electron chi connectivity index (χ0n) is 14.7. The summed E-state index contributed by atoms with van der Waals surface area (Å²) in [5.41, 5.74) is 2.38. The number of para-hydroxylation sites is 1. The van der Waals surface area contributed by atoms with Gasteiger partial charge in [-0.1, -0.05) is 18.2 Å². The first kappa shape index (κ1) is 17.9. The number of nitrogens with zero attached hydrogens (tertiary/aromatic N) is 1. The van der Waals surface area contributed by atoms with Crippen LogP contribution in [-0.4, -0.2) is 24.6 Å². The van der Waals surface area contributed by atoms with Crippen LogP contribution in [0.15, 0.2) is 53.9 Å². The van der Waals surface area contributed by atoms with Crippen LogP contribution in [-0.2, 0) is 11.2 Å². The van der Waals surface area contributed by atoms with Crippen molar-refractivity contribution in [2.75, 3.05) is 19.0 Å². The van der Waals surface area contributed by atoms with Crippen LogP contribution in [0.3, 0.4) is 0 Å². The Hall–Kier alpha value is -2.86. The number of hydrogen-bond donors (Lipinski definition) is 1. The fourth-order valence-electron chi connectivity index (χ4n) is 2.51. The standard InChI is InChI=1S/C20H20N2O3S/c1-3-25-18-10-5-4-9-17(18)20-22-15(13-26-20)12-19(23)21-14-7-6-8-16(11-14)24-2/h4-11,13H,3,12H2,1-2H3,(H,21,23). The van der Waals surface area contributed by atoms with Crippen LogP contribution in [0.25, 0.3) is 10.6 Å². The van der Waals surface area contributed by atoms with E-state index in [4.69, 9.17) is 9.47 Å². The highest BCUT2D eigenvalue weighted by Gasteiger charge is 2.12. The van der Waals surface area contributed by atoms with E-state index in [2.05, 4.69) is 10.3 Å². The van der Waals surface area contributed by atoms with Crippen molar-refractivity contribution in [1.29, 1.82) is 0 Å². The maximum atomic E-state index is 12.3. The average Bonchev–Trinajstić information content (AvgIpc) is 3.10. The average molecular weight is 368 g/mol. The molecule has 0 saturated carbocycles. The summed E-state index contributed by atoms with van der Waals surface area (Å²) in [7, 11) is 1.60. The summed E-state index contributed by atoms with van der Waals surface area (Å²) in [4.78, 5) is 16.9. The molecule has 0 radical (unpaired) electrons. The number of benzene rings is 2. The number of ether oxygens (including phenoxy) is 2. The molecule has 6 heteroatoms. The number of methoxy groups -OCH3 is 1.